The summed E-state index contributed by atoms with van der Waals surface area (Å²) >= 11 is 1.68. The van der Waals surface area contributed by atoms with Gasteiger partial charge in [-0.1, -0.05) is 6.92 Å². The molecule has 1 N–H and O–H groups in total. The Morgan fingerprint density at radius 1 is 1.26 bits per heavy atom. The van der Waals surface area contributed by atoms with E-state index < -0.39 is 0 Å². The molecule has 0 radical (unpaired) electrons. The number of carbonyl (C=O) groups is 2. The molecule has 2 heterocycles. The quantitative estimate of drug-likeness (QED) is 0.760. The summed E-state index contributed by atoms with van der Waals surface area (Å²) in [7, 11) is 0. The van der Waals surface area contributed by atoms with Gasteiger partial charge in [-0.05, 0) is 69.3 Å². The minimum atomic E-state index is -0.258. The van der Waals surface area contributed by atoms with E-state index in [-0.39, 0.29) is 17.7 Å². The van der Waals surface area contributed by atoms with Gasteiger partial charge in [0, 0.05) is 36.1 Å². The van der Waals surface area contributed by atoms with E-state index in [1.165, 1.54) is 17.7 Å². The molecule has 2 saturated heterocycles. The first kappa shape index (κ1) is 20.2. The van der Waals surface area contributed by atoms with Crippen molar-refractivity contribution >= 4 is 29.3 Å². The lowest BCUT2D eigenvalue weighted by Crippen LogP contribution is -2.46. The molecule has 6 heteroatoms. The number of likely N-dealkylation sites (tertiary alicyclic amines) is 1. The number of anilines is 1. The van der Waals surface area contributed by atoms with E-state index in [9.17, 15) is 9.59 Å². The van der Waals surface area contributed by atoms with Gasteiger partial charge in [-0.15, -0.1) is 11.8 Å². The number of carbonyl (C=O) groups excluding carboxylic acids is 2. The fourth-order valence-corrected chi connectivity index (χ4v) is 4.29. The van der Waals surface area contributed by atoms with E-state index in [4.69, 9.17) is 0 Å². The Labute approximate surface area is 166 Å². The Bertz CT molecular complexity index is 656. The third kappa shape index (κ3) is 5.05. The van der Waals surface area contributed by atoms with Crippen LogP contribution in [0.15, 0.2) is 29.2 Å². The summed E-state index contributed by atoms with van der Waals surface area (Å²) in [5.74, 6) is 0.587. The summed E-state index contributed by atoms with van der Waals surface area (Å²) in [6.07, 6.45) is 4.80. The van der Waals surface area contributed by atoms with Crippen molar-refractivity contribution < 1.29 is 9.59 Å². The summed E-state index contributed by atoms with van der Waals surface area (Å²) in [6, 6.07) is 8.30. The number of thioether (sulfide) groups is 1. The minimum Gasteiger partial charge on any atom is -0.354 e. The van der Waals surface area contributed by atoms with Gasteiger partial charge in [-0.2, -0.15) is 0 Å². The van der Waals surface area contributed by atoms with Crippen LogP contribution in [0, 0.1) is 11.8 Å². The van der Waals surface area contributed by atoms with Crippen molar-refractivity contribution in [1.82, 2.24) is 10.2 Å². The molecule has 2 amide bonds. The summed E-state index contributed by atoms with van der Waals surface area (Å²) < 4.78 is 0. The average Bonchev–Trinajstić information content (AvgIpc) is 3.08. The van der Waals surface area contributed by atoms with Gasteiger partial charge in [0.15, 0.2) is 0 Å². The van der Waals surface area contributed by atoms with Crippen molar-refractivity contribution in [1.29, 1.82) is 0 Å². The Kier molecular flexibility index (Phi) is 6.82. The molecule has 0 aromatic heterocycles. The van der Waals surface area contributed by atoms with Crippen LogP contribution in [0.4, 0.5) is 5.69 Å². The molecule has 2 aliphatic heterocycles. The largest absolute Gasteiger partial charge is 0.354 e. The van der Waals surface area contributed by atoms with Gasteiger partial charge in [-0.3, -0.25) is 14.5 Å². The van der Waals surface area contributed by atoms with Gasteiger partial charge in [0.2, 0.25) is 11.8 Å². The Morgan fingerprint density at radius 3 is 2.56 bits per heavy atom. The molecular formula is C21H31N3O2S. The zero-order valence-electron chi connectivity index (χ0n) is 16.6. The van der Waals surface area contributed by atoms with Crippen LogP contribution in [-0.4, -0.2) is 55.2 Å². The maximum atomic E-state index is 12.6. The van der Waals surface area contributed by atoms with Gasteiger partial charge >= 0.3 is 0 Å². The van der Waals surface area contributed by atoms with E-state index in [1.807, 2.05) is 30.5 Å². The van der Waals surface area contributed by atoms with Crippen LogP contribution < -0.4 is 10.2 Å². The van der Waals surface area contributed by atoms with Crippen LogP contribution >= 0.6 is 11.8 Å². The van der Waals surface area contributed by atoms with E-state index in [0.29, 0.717) is 25.6 Å². The number of hydrogen-bond acceptors (Lipinski definition) is 4. The van der Waals surface area contributed by atoms with E-state index >= 15 is 0 Å². The van der Waals surface area contributed by atoms with E-state index in [2.05, 4.69) is 24.1 Å². The van der Waals surface area contributed by atoms with Crippen LogP contribution in [0.3, 0.4) is 0 Å². The third-order valence-electron chi connectivity index (χ3n) is 5.89. The Morgan fingerprint density at radius 2 is 1.93 bits per heavy atom. The summed E-state index contributed by atoms with van der Waals surface area (Å²) in [6.45, 7) is 7.83. The van der Waals surface area contributed by atoms with Gasteiger partial charge in [0.25, 0.3) is 0 Å². The minimum absolute atomic E-state index is 0.00353. The molecule has 2 atom stereocenters. The van der Waals surface area contributed by atoms with Crippen LogP contribution in [0.25, 0.3) is 0 Å². The molecule has 1 aromatic carbocycles. The summed E-state index contributed by atoms with van der Waals surface area (Å²) in [5, 5.41) is 3.08. The average molecular weight is 390 g/mol. The zero-order chi connectivity index (χ0) is 19.4. The molecule has 3 rings (SSSR count). The smallest absolute Gasteiger partial charge is 0.227 e. The first-order valence-electron chi connectivity index (χ1n) is 9.94. The lowest BCUT2D eigenvalue weighted by molar-refractivity contribution is -0.126. The molecule has 27 heavy (non-hydrogen) atoms. The number of nitrogens with one attached hydrogen (secondary N) is 1. The molecule has 2 fully saturated rings. The van der Waals surface area contributed by atoms with E-state index in [1.54, 1.807) is 16.7 Å². The highest BCUT2D eigenvalue weighted by Crippen LogP contribution is 2.27. The number of amides is 2. The number of nitrogens with zero attached hydrogens (tertiary/aromatic N) is 2. The van der Waals surface area contributed by atoms with Crippen molar-refractivity contribution in [2.45, 2.75) is 44.0 Å². The topological polar surface area (TPSA) is 52.7 Å². The molecule has 0 saturated carbocycles. The molecular weight excluding hydrogens is 358 g/mol. The highest BCUT2D eigenvalue weighted by Gasteiger charge is 2.35. The fraction of sp³-hybridized carbons (Fsp3) is 0.619. The summed E-state index contributed by atoms with van der Waals surface area (Å²) in [5.41, 5.74) is 0.879. The van der Waals surface area contributed by atoms with Crippen molar-refractivity contribution in [2.24, 2.45) is 11.8 Å². The molecule has 148 valence electrons. The van der Waals surface area contributed by atoms with Gasteiger partial charge < -0.3 is 10.2 Å². The fourth-order valence-electron chi connectivity index (χ4n) is 3.89. The lowest BCUT2D eigenvalue weighted by atomic mass is 9.98. The SMILES string of the molecule is CSc1ccc(N2CC(C(=O)NCC(C)N3CCC(C)CC3)CC2=O)cc1. The van der Waals surface area contributed by atoms with Crippen LogP contribution in [-0.2, 0) is 9.59 Å². The van der Waals surface area contributed by atoms with E-state index in [0.717, 1.165) is 24.7 Å². The van der Waals surface area contributed by atoms with Crippen molar-refractivity contribution in [2.75, 3.05) is 37.3 Å². The number of rotatable bonds is 6. The third-order valence-corrected chi connectivity index (χ3v) is 6.64. The van der Waals surface area contributed by atoms with Gasteiger partial charge in [-0.25, -0.2) is 0 Å². The Balaban J connectivity index is 1.49. The monoisotopic (exact) mass is 389 g/mol. The molecule has 0 aliphatic carbocycles. The number of benzene rings is 1. The van der Waals surface area contributed by atoms with Gasteiger partial charge in [0.05, 0.1) is 5.92 Å². The second-order valence-electron chi connectivity index (χ2n) is 7.92. The maximum absolute atomic E-state index is 12.6. The zero-order valence-corrected chi connectivity index (χ0v) is 17.4. The summed E-state index contributed by atoms with van der Waals surface area (Å²) in [4.78, 5) is 30.4. The lowest BCUT2D eigenvalue weighted by Gasteiger charge is -2.35. The first-order chi connectivity index (χ1) is 13.0. The molecule has 0 bridgehead atoms. The van der Waals surface area contributed by atoms with Crippen LogP contribution in [0.2, 0.25) is 0 Å². The molecule has 5 nitrogen and oxygen atoms in total. The maximum Gasteiger partial charge on any atom is 0.227 e. The predicted molar refractivity (Wildman–Crippen MR) is 111 cm³/mol. The number of hydrogen-bond donors (Lipinski definition) is 1. The second-order valence-corrected chi connectivity index (χ2v) is 8.80. The molecule has 2 unspecified atom stereocenters. The first-order valence-corrected chi connectivity index (χ1v) is 11.2. The molecule has 0 spiro atoms. The Hall–Kier alpha value is -1.53. The molecule has 2 aliphatic rings. The number of piperidine rings is 1. The van der Waals surface area contributed by atoms with Crippen LogP contribution in [0.1, 0.15) is 33.1 Å². The highest BCUT2D eigenvalue weighted by molar-refractivity contribution is 7.98. The van der Waals surface area contributed by atoms with Gasteiger partial charge in [0.1, 0.15) is 0 Å². The predicted octanol–water partition coefficient (Wildman–Crippen LogP) is 3.00. The normalized spacial score (nSPS) is 22.9. The molecule has 1 aromatic rings. The van der Waals surface area contributed by atoms with Crippen LogP contribution in [0.5, 0.6) is 0 Å². The highest BCUT2D eigenvalue weighted by atomic mass is 32.2. The second kappa shape index (κ2) is 9.11. The standard InChI is InChI=1S/C21H31N3O2S/c1-15-8-10-23(11-9-15)16(2)13-22-21(26)17-12-20(25)24(14-17)18-4-6-19(27-3)7-5-18/h4-7,15-17H,8-14H2,1-3H3,(H,22,26). The van der Waals surface area contributed by atoms with Crippen molar-refractivity contribution in [3.8, 4) is 0 Å². The van der Waals surface area contributed by atoms with Crippen molar-refractivity contribution in [3.63, 3.8) is 0 Å². The van der Waals surface area contributed by atoms with Crippen molar-refractivity contribution in [3.05, 3.63) is 24.3 Å².